The molecule has 0 aliphatic carbocycles. The van der Waals surface area contributed by atoms with E-state index in [0.29, 0.717) is 6.61 Å². The number of rotatable bonds is 19. The minimum absolute atomic E-state index is 0.0961. The molecule has 9 heteroatoms. The lowest BCUT2D eigenvalue weighted by atomic mass is 10.1. The summed E-state index contributed by atoms with van der Waals surface area (Å²) in [6.07, 6.45) is 10.2. The summed E-state index contributed by atoms with van der Waals surface area (Å²) < 4.78 is 31.6. The number of carbonyl (C=O) groups excluding carboxylic acids is 1. The van der Waals surface area contributed by atoms with Crippen molar-refractivity contribution in [1.29, 1.82) is 0 Å². The highest BCUT2D eigenvalue weighted by atomic mass is 31.2. The van der Waals surface area contributed by atoms with Crippen LogP contribution in [-0.4, -0.2) is 49.9 Å². The highest BCUT2D eigenvalue weighted by Crippen LogP contribution is 2.42. The Morgan fingerprint density at radius 3 is 2.11 bits per heavy atom. The average Bonchev–Trinajstić information content (AvgIpc) is 2.62. The maximum atomic E-state index is 11.6. The number of hydrogen-bond acceptors (Lipinski definition) is 7. The second-order valence-electron chi connectivity index (χ2n) is 6.52. The molecular weight excluding hydrogens is 373 g/mol. The summed E-state index contributed by atoms with van der Waals surface area (Å²) in [5.41, 5.74) is 5.21. The maximum absolute atomic E-state index is 11.6. The van der Waals surface area contributed by atoms with E-state index in [2.05, 4.69) is 11.4 Å². The van der Waals surface area contributed by atoms with E-state index in [1.54, 1.807) is 0 Å². The third-order valence-electron chi connectivity index (χ3n) is 3.82. The number of nitrogens with two attached hydrogens (primary N) is 1. The Labute approximate surface area is 163 Å². The van der Waals surface area contributed by atoms with Crippen molar-refractivity contribution in [2.45, 2.75) is 77.7 Å². The molecule has 0 aliphatic rings. The van der Waals surface area contributed by atoms with Crippen LogP contribution in [0, 0.1) is 0 Å². The molecule has 2 unspecified atom stereocenters. The number of hydrogen-bond donors (Lipinski definition) is 2. The van der Waals surface area contributed by atoms with Crippen LogP contribution >= 0.6 is 7.82 Å². The van der Waals surface area contributed by atoms with Gasteiger partial charge in [0.2, 0.25) is 0 Å². The fraction of sp³-hybridized carbons (Fsp3) is 0.944. The lowest BCUT2D eigenvalue weighted by molar-refractivity contribution is -0.151. The Balaban J connectivity index is 3.82. The van der Waals surface area contributed by atoms with Gasteiger partial charge in [-0.25, -0.2) is 4.57 Å². The molecule has 162 valence electrons. The van der Waals surface area contributed by atoms with Crippen LogP contribution in [0.15, 0.2) is 0 Å². The number of ether oxygens (including phenoxy) is 2. The summed E-state index contributed by atoms with van der Waals surface area (Å²) >= 11 is 0. The highest BCUT2D eigenvalue weighted by Gasteiger charge is 2.24. The van der Waals surface area contributed by atoms with Crippen LogP contribution < -0.4 is 5.73 Å². The first-order chi connectivity index (χ1) is 12.9. The molecule has 0 bridgehead atoms. The fourth-order valence-electron chi connectivity index (χ4n) is 2.46. The third-order valence-corrected chi connectivity index (χ3v) is 4.81. The van der Waals surface area contributed by atoms with E-state index < -0.39 is 19.9 Å². The first kappa shape index (κ1) is 26.5. The van der Waals surface area contributed by atoms with Crippen LogP contribution in [0.2, 0.25) is 0 Å². The van der Waals surface area contributed by atoms with Crippen LogP contribution in [0.4, 0.5) is 0 Å². The minimum atomic E-state index is -4.20. The van der Waals surface area contributed by atoms with Crippen molar-refractivity contribution in [2.24, 2.45) is 5.73 Å². The normalized spacial score (nSPS) is 14.7. The van der Waals surface area contributed by atoms with Crippen molar-refractivity contribution in [3.63, 3.8) is 0 Å². The highest BCUT2D eigenvalue weighted by molar-refractivity contribution is 7.47. The van der Waals surface area contributed by atoms with Crippen LogP contribution in [-0.2, 0) is 27.9 Å². The Morgan fingerprint density at radius 1 is 0.963 bits per heavy atom. The molecule has 0 spiro atoms. The van der Waals surface area contributed by atoms with Gasteiger partial charge in [-0.2, -0.15) is 0 Å². The lowest BCUT2D eigenvalue weighted by Crippen LogP contribution is -2.27. The molecule has 0 saturated heterocycles. The van der Waals surface area contributed by atoms with Gasteiger partial charge < -0.3 is 20.1 Å². The Kier molecular flexibility index (Phi) is 17.3. The second kappa shape index (κ2) is 17.6. The Bertz CT molecular complexity index is 409. The second-order valence-corrected chi connectivity index (χ2v) is 7.97. The van der Waals surface area contributed by atoms with Crippen molar-refractivity contribution in [2.75, 3.05) is 33.0 Å². The first-order valence-corrected chi connectivity index (χ1v) is 11.5. The predicted molar refractivity (Wildman–Crippen MR) is 104 cm³/mol. The molecule has 0 aliphatic heterocycles. The van der Waals surface area contributed by atoms with Gasteiger partial charge in [-0.3, -0.25) is 13.8 Å². The molecule has 0 aromatic heterocycles. The van der Waals surface area contributed by atoms with Gasteiger partial charge in [0.05, 0.1) is 19.8 Å². The van der Waals surface area contributed by atoms with Gasteiger partial charge in [0.1, 0.15) is 6.10 Å². The monoisotopic (exact) mass is 411 g/mol. The first-order valence-electron chi connectivity index (χ1n) is 9.98. The zero-order valence-corrected chi connectivity index (χ0v) is 17.8. The molecule has 0 aromatic rings. The Hall–Kier alpha value is -0.500. The van der Waals surface area contributed by atoms with E-state index in [1.165, 1.54) is 51.9 Å². The van der Waals surface area contributed by atoms with Crippen molar-refractivity contribution >= 4 is 13.8 Å². The molecule has 3 N–H and O–H groups in total. The summed E-state index contributed by atoms with van der Waals surface area (Å²) in [5, 5.41) is 0. The summed E-state index contributed by atoms with van der Waals surface area (Å²) in [6.45, 7) is 3.86. The van der Waals surface area contributed by atoms with Crippen molar-refractivity contribution < 1.29 is 32.8 Å². The van der Waals surface area contributed by atoms with Crippen molar-refractivity contribution in [3.05, 3.63) is 0 Å². The van der Waals surface area contributed by atoms with E-state index in [9.17, 15) is 14.3 Å². The smallest absolute Gasteiger partial charge is 0.458 e. The molecule has 0 aromatic carbocycles. The lowest BCUT2D eigenvalue weighted by Gasteiger charge is -2.19. The predicted octanol–water partition coefficient (Wildman–Crippen LogP) is 3.56. The molecule has 0 heterocycles. The van der Waals surface area contributed by atoms with E-state index >= 15 is 0 Å². The summed E-state index contributed by atoms with van der Waals surface area (Å²) in [7, 11) is -4.20. The van der Waals surface area contributed by atoms with Crippen molar-refractivity contribution in [1.82, 2.24) is 0 Å². The van der Waals surface area contributed by atoms with Gasteiger partial charge in [-0.15, -0.1) is 0 Å². The van der Waals surface area contributed by atoms with Crippen LogP contribution in [0.1, 0.15) is 71.6 Å². The summed E-state index contributed by atoms with van der Waals surface area (Å²) in [6, 6.07) is 0. The molecule has 0 rings (SSSR count). The maximum Gasteiger partial charge on any atom is 0.472 e. The van der Waals surface area contributed by atoms with E-state index in [0.717, 1.165) is 12.8 Å². The fourth-order valence-corrected chi connectivity index (χ4v) is 3.23. The molecule has 0 amide bonds. The van der Waals surface area contributed by atoms with E-state index in [-0.39, 0.29) is 26.4 Å². The molecular formula is C18H38NO7P. The minimum Gasteiger partial charge on any atom is -0.458 e. The molecule has 2 atom stereocenters. The van der Waals surface area contributed by atoms with Gasteiger partial charge in [0.25, 0.3) is 0 Å². The summed E-state index contributed by atoms with van der Waals surface area (Å²) in [4.78, 5) is 20.6. The van der Waals surface area contributed by atoms with Crippen LogP contribution in [0.25, 0.3) is 0 Å². The molecule has 0 saturated carbocycles. The van der Waals surface area contributed by atoms with Gasteiger partial charge in [0, 0.05) is 20.1 Å². The number of carbonyl (C=O) groups is 1. The Morgan fingerprint density at radius 2 is 1.56 bits per heavy atom. The molecule has 27 heavy (non-hydrogen) atoms. The van der Waals surface area contributed by atoms with E-state index in [4.69, 9.17) is 19.7 Å². The molecule has 0 fully saturated rings. The topological polar surface area (TPSA) is 117 Å². The zero-order valence-electron chi connectivity index (χ0n) is 16.9. The SMILES string of the molecule is CCCCCCCCCCCOCC(COP(=O)(O)OCCN)OC(C)=O. The van der Waals surface area contributed by atoms with Crippen LogP contribution in [0.3, 0.4) is 0 Å². The van der Waals surface area contributed by atoms with Crippen molar-refractivity contribution in [3.8, 4) is 0 Å². The number of phosphoric acid groups is 1. The standard InChI is InChI=1S/C18H38NO7P/c1-3-4-5-6-7-8-9-10-11-13-23-15-18(26-17(2)20)16-25-27(21,22)24-14-12-19/h18H,3-16,19H2,1-2H3,(H,21,22). The molecule has 0 radical (unpaired) electrons. The average molecular weight is 411 g/mol. The number of unbranched alkanes of at least 4 members (excludes halogenated alkanes) is 8. The van der Waals surface area contributed by atoms with E-state index in [1.807, 2.05) is 0 Å². The van der Waals surface area contributed by atoms with Gasteiger partial charge in [0.15, 0.2) is 0 Å². The summed E-state index contributed by atoms with van der Waals surface area (Å²) in [5.74, 6) is -0.508. The largest absolute Gasteiger partial charge is 0.472 e. The zero-order chi connectivity index (χ0) is 20.4. The third kappa shape index (κ3) is 18.6. The molecule has 8 nitrogen and oxygen atoms in total. The van der Waals surface area contributed by atoms with Crippen LogP contribution in [0.5, 0.6) is 0 Å². The number of phosphoric ester groups is 1. The van der Waals surface area contributed by atoms with Gasteiger partial charge in [-0.05, 0) is 6.42 Å². The number of esters is 1. The van der Waals surface area contributed by atoms with Gasteiger partial charge >= 0.3 is 13.8 Å². The quantitative estimate of drug-likeness (QED) is 0.188. The van der Waals surface area contributed by atoms with Gasteiger partial charge in [-0.1, -0.05) is 58.3 Å².